The fourth-order valence-electron chi connectivity index (χ4n) is 4.52. The van der Waals surface area contributed by atoms with Crippen molar-refractivity contribution in [2.45, 2.75) is 29.9 Å². The van der Waals surface area contributed by atoms with Crippen LogP contribution < -0.4 is 15.4 Å². The van der Waals surface area contributed by atoms with Gasteiger partial charge in [0.05, 0.1) is 29.4 Å². The average Bonchev–Trinajstić information content (AvgIpc) is 2.88. The number of nitrogens with one attached hydrogen (secondary N) is 2. The molecule has 1 aromatic carbocycles. The first-order chi connectivity index (χ1) is 17.0. The third kappa shape index (κ3) is 5.24. The van der Waals surface area contributed by atoms with Crippen LogP contribution >= 0.6 is 11.8 Å². The number of hydrogen-bond donors (Lipinski definition) is 3. The number of methoxy groups -OCH3 is 1. The minimum absolute atomic E-state index is 0.0312. The highest BCUT2D eigenvalue weighted by atomic mass is 32.2. The molecule has 0 saturated carbocycles. The molecule has 9 nitrogen and oxygen atoms in total. The van der Waals surface area contributed by atoms with Gasteiger partial charge in [-0.25, -0.2) is 4.98 Å². The van der Waals surface area contributed by atoms with Gasteiger partial charge in [0, 0.05) is 37.3 Å². The van der Waals surface area contributed by atoms with Gasteiger partial charge in [0.2, 0.25) is 5.91 Å². The summed E-state index contributed by atoms with van der Waals surface area (Å²) >= 11 is 1.42. The van der Waals surface area contributed by atoms with E-state index >= 15 is 0 Å². The third-order valence-electron chi connectivity index (χ3n) is 6.40. The van der Waals surface area contributed by atoms with Crippen molar-refractivity contribution in [3.63, 3.8) is 0 Å². The molecule has 2 aliphatic heterocycles. The zero-order chi connectivity index (χ0) is 24.4. The van der Waals surface area contributed by atoms with Crippen LogP contribution in [0.15, 0.2) is 47.5 Å². The number of amides is 2. The van der Waals surface area contributed by atoms with E-state index in [1.807, 2.05) is 30.3 Å². The Balaban J connectivity index is 1.17. The average molecular weight is 494 g/mol. The monoisotopic (exact) mass is 493 g/mol. The molecule has 1 fully saturated rings. The first-order valence-electron chi connectivity index (χ1n) is 11.6. The van der Waals surface area contributed by atoms with E-state index in [4.69, 9.17) is 4.74 Å². The lowest BCUT2D eigenvalue weighted by atomic mass is 10.0. The fraction of sp³-hybridized carbons (Fsp3) is 0.360. The van der Waals surface area contributed by atoms with Crippen LogP contribution in [0.25, 0.3) is 10.9 Å². The van der Waals surface area contributed by atoms with Crippen molar-refractivity contribution < 1.29 is 19.4 Å². The van der Waals surface area contributed by atoms with E-state index in [0.29, 0.717) is 23.8 Å². The summed E-state index contributed by atoms with van der Waals surface area (Å²) in [7, 11) is 1.62. The molecule has 35 heavy (non-hydrogen) atoms. The molecule has 1 saturated heterocycles. The Bertz CT molecular complexity index is 1260. The van der Waals surface area contributed by atoms with Gasteiger partial charge < -0.3 is 25.4 Å². The number of fused-ring (bicyclic) bond motifs is 2. The summed E-state index contributed by atoms with van der Waals surface area (Å²) in [6.45, 7) is 2.03. The predicted molar refractivity (Wildman–Crippen MR) is 134 cm³/mol. The number of piperidine rings is 1. The van der Waals surface area contributed by atoms with Gasteiger partial charge in [-0.2, -0.15) is 0 Å². The van der Waals surface area contributed by atoms with Crippen LogP contribution in [-0.4, -0.2) is 70.3 Å². The molecule has 2 amide bonds. The number of pyridine rings is 2. The zero-order valence-corrected chi connectivity index (χ0v) is 20.2. The summed E-state index contributed by atoms with van der Waals surface area (Å²) in [5.41, 5.74) is 1.94. The summed E-state index contributed by atoms with van der Waals surface area (Å²) in [5, 5.41) is 17.7. The molecule has 1 atom stereocenters. The first kappa shape index (κ1) is 23.5. The maximum absolute atomic E-state index is 12.7. The molecule has 0 spiro atoms. The highest BCUT2D eigenvalue weighted by molar-refractivity contribution is 8.00. The van der Waals surface area contributed by atoms with Crippen LogP contribution in [-0.2, 0) is 4.79 Å². The standard InChI is InChI=1S/C25H27N5O4S/c1-34-16-2-3-19-18(12-16)17(6-9-26-19)21(31)13-30-10-7-15(8-11-30)27-25(33)20-4-5-22-24(28-20)29-23(32)14-35-22/h2-6,9,12,15,21,31H,7-8,10-11,13-14H2,1H3,(H,27,33)(H,28,29,32)/t21-/m0/s1. The number of anilines is 1. The van der Waals surface area contributed by atoms with Crippen LogP contribution in [0.5, 0.6) is 5.75 Å². The number of aromatic nitrogens is 2. The highest BCUT2D eigenvalue weighted by Crippen LogP contribution is 2.30. The number of carbonyl (C=O) groups excluding carboxylic acids is 2. The Morgan fingerprint density at radius 3 is 2.91 bits per heavy atom. The second-order valence-corrected chi connectivity index (χ2v) is 9.74. The van der Waals surface area contributed by atoms with Crippen molar-refractivity contribution in [1.82, 2.24) is 20.2 Å². The molecule has 0 radical (unpaired) electrons. The largest absolute Gasteiger partial charge is 0.497 e. The van der Waals surface area contributed by atoms with E-state index in [1.165, 1.54) is 11.8 Å². The smallest absolute Gasteiger partial charge is 0.270 e. The first-order valence-corrected chi connectivity index (χ1v) is 12.6. The molecule has 0 bridgehead atoms. The molecule has 2 aromatic heterocycles. The van der Waals surface area contributed by atoms with E-state index in [9.17, 15) is 14.7 Å². The van der Waals surface area contributed by atoms with Crippen LogP contribution in [0.2, 0.25) is 0 Å². The van der Waals surface area contributed by atoms with Crippen molar-refractivity contribution in [2.24, 2.45) is 0 Å². The maximum Gasteiger partial charge on any atom is 0.270 e. The molecule has 0 unspecified atom stereocenters. The minimum atomic E-state index is -0.661. The number of nitrogens with zero attached hydrogens (tertiary/aromatic N) is 3. The van der Waals surface area contributed by atoms with Gasteiger partial charge in [0.1, 0.15) is 17.3 Å². The molecule has 10 heteroatoms. The number of hydrogen-bond acceptors (Lipinski definition) is 8. The zero-order valence-electron chi connectivity index (χ0n) is 19.4. The fourth-order valence-corrected chi connectivity index (χ4v) is 5.27. The van der Waals surface area contributed by atoms with Gasteiger partial charge in [-0.1, -0.05) is 0 Å². The number of rotatable bonds is 6. The molecule has 5 rings (SSSR count). The molecular formula is C25H27N5O4S. The summed E-state index contributed by atoms with van der Waals surface area (Å²) in [6.07, 6.45) is 2.61. The van der Waals surface area contributed by atoms with E-state index in [1.54, 1.807) is 19.4 Å². The topological polar surface area (TPSA) is 117 Å². The normalized spacial score (nSPS) is 17.5. The highest BCUT2D eigenvalue weighted by Gasteiger charge is 2.25. The lowest BCUT2D eigenvalue weighted by Gasteiger charge is -2.33. The molecular weight excluding hydrogens is 466 g/mol. The lowest BCUT2D eigenvalue weighted by Crippen LogP contribution is -2.45. The number of carbonyl (C=O) groups is 2. The molecule has 2 aliphatic rings. The molecule has 3 N–H and O–H groups in total. The Morgan fingerprint density at radius 2 is 2.11 bits per heavy atom. The van der Waals surface area contributed by atoms with Crippen molar-refractivity contribution >= 4 is 40.3 Å². The summed E-state index contributed by atoms with van der Waals surface area (Å²) in [5.74, 6) is 1.18. The van der Waals surface area contributed by atoms with Gasteiger partial charge in [0.15, 0.2) is 0 Å². The number of aliphatic hydroxyl groups is 1. The van der Waals surface area contributed by atoms with Gasteiger partial charge in [-0.3, -0.25) is 14.6 Å². The molecule has 182 valence electrons. The van der Waals surface area contributed by atoms with Crippen molar-refractivity contribution in [2.75, 3.05) is 37.8 Å². The summed E-state index contributed by atoms with van der Waals surface area (Å²) < 4.78 is 5.34. The number of benzene rings is 1. The minimum Gasteiger partial charge on any atom is -0.497 e. The number of aliphatic hydroxyl groups excluding tert-OH is 1. The second-order valence-electron chi connectivity index (χ2n) is 8.73. The van der Waals surface area contributed by atoms with Gasteiger partial charge in [0.25, 0.3) is 5.91 Å². The Hall–Kier alpha value is -3.21. The number of likely N-dealkylation sites (tertiary alicyclic amines) is 1. The molecule has 3 aromatic rings. The second kappa shape index (κ2) is 10.2. The van der Waals surface area contributed by atoms with Gasteiger partial charge in [-0.05, 0) is 54.8 Å². The molecule has 0 aliphatic carbocycles. The van der Waals surface area contributed by atoms with Crippen LogP contribution in [0, 0.1) is 0 Å². The quantitative estimate of drug-likeness (QED) is 0.480. The summed E-state index contributed by atoms with van der Waals surface area (Å²) in [4.78, 5) is 36.2. The van der Waals surface area contributed by atoms with E-state index in [0.717, 1.165) is 53.0 Å². The third-order valence-corrected chi connectivity index (χ3v) is 7.45. The number of thioether (sulfide) groups is 1. The Kier molecular flexibility index (Phi) is 6.85. The van der Waals surface area contributed by atoms with E-state index in [2.05, 4.69) is 25.5 Å². The van der Waals surface area contributed by atoms with Crippen molar-refractivity contribution in [3.8, 4) is 5.75 Å². The lowest BCUT2D eigenvalue weighted by molar-refractivity contribution is -0.113. The molecule has 4 heterocycles. The SMILES string of the molecule is COc1ccc2nccc([C@@H](O)CN3CCC(NC(=O)c4ccc5c(n4)NC(=O)CS5)CC3)c2c1. The van der Waals surface area contributed by atoms with Gasteiger partial charge in [-0.15, -0.1) is 11.8 Å². The van der Waals surface area contributed by atoms with E-state index in [-0.39, 0.29) is 17.9 Å². The van der Waals surface area contributed by atoms with E-state index < -0.39 is 6.10 Å². The van der Waals surface area contributed by atoms with Crippen LogP contribution in [0.3, 0.4) is 0 Å². The Morgan fingerprint density at radius 1 is 1.29 bits per heavy atom. The van der Waals surface area contributed by atoms with Crippen molar-refractivity contribution in [3.05, 3.63) is 53.9 Å². The van der Waals surface area contributed by atoms with Gasteiger partial charge >= 0.3 is 0 Å². The Labute approximate surface area is 207 Å². The number of ether oxygens (including phenoxy) is 1. The van der Waals surface area contributed by atoms with Crippen LogP contribution in [0.4, 0.5) is 5.82 Å². The maximum atomic E-state index is 12.7. The van der Waals surface area contributed by atoms with Crippen molar-refractivity contribution in [1.29, 1.82) is 0 Å². The van der Waals surface area contributed by atoms with Crippen LogP contribution in [0.1, 0.15) is 35.0 Å². The summed E-state index contributed by atoms with van der Waals surface area (Å²) in [6, 6.07) is 11.1. The predicted octanol–water partition coefficient (Wildman–Crippen LogP) is 2.61. The number of β-amino-alcohol motifs (C(OH)–C–C–N with tert-alkyl or cyclic N) is 1.